The van der Waals surface area contributed by atoms with Crippen LogP contribution < -0.4 is 15.5 Å². The van der Waals surface area contributed by atoms with E-state index in [0.29, 0.717) is 40.0 Å². The number of likely N-dealkylation sites (N-methyl/N-ethyl adjacent to an activating group) is 1. The van der Waals surface area contributed by atoms with Crippen molar-refractivity contribution in [2.24, 2.45) is 0 Å². The molecule has 0 aliphatic heterocycles. The minimum absolute atomic E-state index is 0.271. The quantitative estimate of drug-likeness (QED) is 0.316. The molecule has 2 N–H and O–H groups in total. The summed E-state index contributed by atoms with van der Waals surface area (Å²) in [5.41, 5.74) is 3.14. The molecular weight excluding hydrogens is 482 g/mol. The lowest BCUT2D eigenvalue weighted by atomic mass is 10.2. The van der Waals surface area contributed by atoms with Crippen molar-refractivity contribution in [3.63, 3.8) is 0 Å². The number of halogens is 1. The molecule has 168 valence electrons. The molecule has 0 aliphatic carbocycles. The molecule has 3 rings (SSSR count). The van der Waals surface area contributed by atoms with Gasteiger partial charge in [-0.15, -0.1) is 11.3 Å². The molecule has 0 spiro atoms. The van der Waals surface area contributed by atoms with Gasteiger partial charge in [0.15, 0.2) is 9.50 Å². The number of ether oxygens (including phenoxy) is 1. The number of thiazole rings is 1. The number of amides is 1. The molecule has 1 amide bonds. The summed E-state index contributed by atoms with van der Waals surface area (Å²) in [4.78, 5) is 23.4. The van der Waals surface area contributed by atoms with E-state index in [0.717, 1.165) is 24.2 Å². The Kier molecular flexibility index (Phi) is 8.68. The number of anilines is 3. The minimum Gasteiger partial charge on any atom is -0.423 e. The Morgan fingerprint density at radius 1 is 1.26 bits per heavy atom. The van der Waals surface area contributed by atoms with Gasteiger partial charge < -0.3 is 24.7 Å². The second-order valence-electron chi connectivity index (χ2n) is 7.20. The van der Waals surface area contributed by atoms with Crippen molar-refractivity contribution < 1.29 is 13.9 Å². The largest absolute Gasteiger partial charge is 0.423 e. The number of carbonyl (C=O) groups excluding carboxylic acids is 1. The first-order valence-corrected chi connectivity index (χ1v) is 12.0. The maximum absolute atomic E-state index is 12.7. The molecule has 10 heteroatoms. The Labute approximate surface area is 194 Å². The number of oxazole rings is 1. The number of fused-ring (bicyclic) bond motifs is 1. The monoisotopic (exact) mass is 509 g/mol. The maximum atomic E-state index is 12.7. The van der Waals surface area contributed by atoms with Gasteiger partial charge in [-0.1, -0.05) is 26.2 Å². The van der Waals surface area contributed by atoms with Gasteiger partial charge in [0.05, 0.1) is 18.0 Å². The van der Waals surface area contributed by atoms with Crippen molar-refractivity contribution in [1.82, 2.24) is 9.97 Å². The molecule has 31 heavy (non-hydrogen) atoms. The Hall–Kier alpha value is -2.17. The van der Waals surface area contributed by atoms with Crippen LogP contribution in [0.1, 0.15) is 43.1 Å². The molecule has 0 saturated heterocycles. The number of unbranched alkanes of at least 4 members (excludes halogenated alkanes) is 3. The van der Waals surface area contributed by atoms with Gasteiger partial charge in [0, 0.05) is 38.7 Å². The summed E-state index contributed by atoms with van der Waals surface area (Å²) < 4.78 is 11.7. The van der Waals surface area contributed by atoms with Crippen molar-refractivity contribution in [2.45, 2.75) is 32.6 Å². The van der Waals surface area contributed by atoms with Gasteiger partial charge in [0.2, 0.25) is 0 Å². The summed E-state index contributed by atoms with van der Waals surface area (Å²) in [5.74, 6) is -0.271. The molecule has 3 aromatic rings. The molecule has 0 saturated carbocycles. The van der Waals surface area contributed by atoms with Gasteiger partial charge in [-0.05, 0) is 28.4 Å². The van der Waals surface area contributed by atoms with Crippen LogP contribution in [0.15, 0.2) is 25.8 Å². The summed E-state index contributed by atoms with van der Waals surface area (Å²) in [6.45, 7) is 4.24. The van der Waals surface area contributed by atoms with E-state index in [1.54, 1.807) is 12.5 Å². The zero-order valence-electron chi connectivity index (χ0n) is 18.0. The van der Waals surface area contributed by atoms with E-state index in [-0.39, 0.29) is 5.91 Å². The number of methoxy groups -OCH3 is 1. The molecule has 0 bridgehead atoms. The van der Waals surface area contributed by atoms with Crippen molar-refractivity contribution in [3.8, 4) is 0 Å². The van der Waals surface area contributed by atoms with E-state index in [4.69, 9.17) is 9.15 Å². The molecule has 2 heterocycles. The number of hydrogen-bond donors (Lipinski definition) is 2. The third-order valence-electron chi connectivity index (χ3n) is 4.78. The van der Waals surface area contributed by atoms with Crippen molar-refractivity contribution in [3.05, 3.63) is 27.1 Å². The van der Waals surface area contributed by atoms with Crippen LogP contribution in [-0.4, -0.2) is 49.7 Å². The number of aromatic nitrogens is 2. The lowest BCUT2D eigenvalue weighted by Gasteiger charge is -2.13. The van der Waals surface area contributed by atoms with Crippen LogP contribution in [0.4, 0.5) is 17.4 Å². The topological polar surface area (TPSA) is 92.5 Å². The summed E-state index contributed by atoms with van der Waals surface area (Å²) in [6, 6.07) is 4.23. The van der Waals surface area contributed by atoms with Crippen molar-refractivity contribution in [2.75, 3.05) is 49.4 Å². The summed E-state index contributed by atoms with van der Waals surface area (Å²) >= 11 is 4.67. The Balaban J connectivity index is 1.84. The van der Waals surface area contributed by atoms with Gasteiger partial charge in [-0.2, -0.15) is 4.98 Å². The number of nitrogens with zero attached hydrogens (tertiary/aromatic N) is 3. The van der Waals surface area contributed by atoms with E-state index in [2.05, 4.69) is 43.5 Å². The number of hydrogen-bond acceptors (Lipinski definition) is 8. The van der Waals surface area contributed by atoms with E-state index in [9.17, 15) is 4.79 Å². The predicted molar refractivity (Wildman–Crippen MR) is 130 cm³/mol. The summed E-state index contributed by atoms with van der Waals surface area (Å²) in [5, 5.41) is 8.12. The maximum Gasteiger partial charge on any atom is 0.298 e. The van der Waals surface area contributed by atoms with Crippen LogP contribution in [-0.2, 0) is 4.74 Å². The first-order valence-electron chi connectivity index (χ1n) is 10.3. The number of nitrogens with one attached hydrogen (secondary N) is 2. The van der Waals surface area contributed by atoms with E-state index in [1.165, 1.54) is 30.6 Å². The highest BCUT2D eigenvalue weighted by molar-refractivity contribution is 9.11. The average Bonchev–Trinajstić information content (AvgIpc) is 3.37. The van der Waals surface area contributed by atoms with Gasteiger partial charge >= 0.3 is 0 Å². The zero-order chi connectivity index (χ0) is 22.2. The zero-order valence-corrected chi connectivity index (χ0v) is 20.4. The van der Waals surface area contributed by atoms with Crippen LogP contribution in [0.3, 0.4) is 0 Å². The molecule has 8 nitrogen and oxygen atoms in total. The van der Waals surface area contributed by atoms with Crippen LogP contribution in [0, 0.1) is 0 Å². The third-order valence-corrected chi connectivity index (χ3v) is 6.14. The fraction of sp³-hybridized carbons (Fsp3) is 0.476. The van der Waals surface area contributed by atoms with Crippen molar-refractivity contribution >= 4 is 61.7 Å². The second kappa shape index (κ2) is 11.4. The molecule has 0 aliphatic rings. The van der Waals surface area contributed by atoms with Crippen LogP contribution in [0.25, 0.3) is 11.1 Å². The number of rotatable bonds is 12. The molecule has 0 atom stereocenters. The Bertz CT molecular complexity index is 1010. The predicted octanol–water partition coefficient (Wildman–Crippen LogP) is 5.37. The van der Waals surface area contributed by atoms with Crippen LogP contribution in [0.5, 0.6) is 0 Å². The van der Waals surface area contributed by atoms with E-state index in [1.807, 2.05) is 24.1 Å². The highest BCUT2D eigenvalue weighted by Gasteiger charge is 2.17. The van der Waals surface area contributed by atoms with Gasteiger partial charge in [-0.25, -0.2) is 4.98 Å². The summed E-state index contributed by atoms with van der Waals surface area (Å²) in [7, 11) is 3.56. The average molecular weight is 510 g/mol. The molecule has 1 aromatic carbocycles. The molecule has 0 fully saturated rings. The number of benzene rings is 1. The molecule has 0 radical (unpaired) electrons. The molecular formula is C21H28BrN5O3S. The highest BCUT2D eigenvalue weighted by Crippen LogP contribution is 2.31. The normalized spacial score (nSPS) is 11.1. The summed E-state index contributed by atoms with van der Waals surface area (Å²) in [6.07, 6.45) is 4.62. The lowest BCUT2D eigenvalue weighted by Crippen LogP contribution is -2.22. The Morgan fingerprint density at radius 2 is 2.10 bits per heavy atom. The highest BCUT2D eigenvalue weighted by atomic mass is 79.9. The second-order valence-corrected chi connectivity index (χ2v) is 9.34. The van der Waals surface area contributed by atoms with Crippen molar-refractivity contribution in [1.29, 1.82) is 0 Å². The number of carbonyl (C=O) groups is 1. The van der Waals surface area contributed by atoms with Gasteiger partial charge in [0.1, 0.15) is 11.2 Å². The smallest absolute Gasteiger partial charge is 0.298 e. The van der Waals surface area contributed by atoms with Crippen LogP contribution in [0.2, 0.25) is 0 Å². The van der Waals surface area contributed by atoms with E-state index >= 15 is 0 Å². The van der Waals surface area contributed by atoms with E-state index < -0.39 is 0 Å². The first kappa shape index (κ1) is 23.5. The third kappa shape index (κ3) is 6.41. The Morgan fingerprint density at radius 3 is 2.81 bits per heavy atom. The van der Waals surface area contributed by atoms with Gasteiger partial charge in [0.25, 0.3) is 11.9 Å². The fourth-order valence-electron chi connectivity index (χ4n) is 3.02. The van der Waals surface area contributed by atoms with Gasteiger partial charge in [-0.3, -0.25) is 4.79 Å². The lowest BCUT2D eigenvalue weighted by molar-refractivity contribution is 0.102. The first-order chi connectivity index (χ1) is 15.0. The molecule has 2 aromatic heterocycles. The molecule has 0 unspecified atom stereocenters. The fourth-order valence-corrected chi connectivity index (χ4v) is 4.01. The van der Waals surface area contributed by atoms with Crippen LogP contribution >= 0.6 is 27.3 Å². The standard InChI is InChI=1S/C21H28BrN5O3S/c1-4-5-6-7-8-23-14-11-16-18(30-21(26-16)27(2)9-10-29-3)12-15(14)24-19(28)17-13-31-20(22)25-17/h11-13,23H,4-10H2,1-3H3,(H,24,28). The SMILES string of the molecule is CCCCCCNc1cc2nc(N(C)CCOC)oc2cc1NC(=O)c1csc(Br)n1. The minimum atomic E-state index is -0.271.